The second-order valence-corrected chi connectivity index (χ2v) is 5.59. The van der Waals surface area contributed by atoms with Crippen molar-refractivity contribution in [1.82, 2.24) is 9.97 Å². The molecule has 1 aromatic heterocycles. The van der Waals surface area contributed by atoms with Crippen molar-refractivity contribution in [2.75, 3.05) is 23.7 Å². The zero-order chi connectivity index (χ0) is 12.5. The normalized spacial score (nSPS) is 25.7. The summed E-state index contributed by atoms with van der Waals surface area (Å²) in [6.45, 7) is 3.55. The number of aromatic nitrogens is 2. The monoisotopic (exact) mass is 300 g/mol. The van der Waals surface area contributed by atoms with E-state index in [1.165, 1.54) is 0 Å². The van der Waals surface area contributed by atoms with Crippen molar-refractivity contribution in [2.45, 2.75) is 31.8 Å². The lowest BCUT2D eigenvalue weighted by Gasteiger charge is -2.24. The van der Waals surface area contributed by atoms with Gasteiger partial charge in [0.2, 0.25) is 5.95 Å². The van der Waals surface area contributed by atoms with E-state index in [9.17, 15) is 5.11 Å². The van der Waals surface area contributed by atoms with Gasteiger partial charge in [-0.25, -0.2) is 4.98 Å². The molecule has 5 nitrogen and oxygen atoms in total. The van der Waals surface area contributed by atoms with Gasteiger partial charge in [-0.05, 0) is 42.1 Å². The van der Waals surface area contributed by atoms with Crippen molar-refractivity contribution in [2.24, 2.45) is 0 Å². The third kappa shape index (κ3) is 3.07. The van der Waals surface area contributed by atoms with E-state index >= 15 is 0 Å². The standard InChI is InChI=1S/C11H17BrN4O/c1-11(17)3-2-5-16(6-4-11)9-8(12)7-14-10(13)15-9/h7,17H,2-6H2,1H3,(H2,13,14,15). The molecule has 2 rings (SSSR count). The molecule has 2 heterocycles. The minimum atomic E-state index is -0.570. The van der Waals surface area contributed by atoms with Crippen LogP contribution in [0.1, 0.15) is 26.2 Å². The van der Waals surface area contributed by atoms with Gasteiger partial charge in [0, 0.05) is 19.3 Å². The van der Waals surface area contributed by atoms with E-state index in [0.29, 0.717) is 0 Å². The Morgan fingerprint density at radius 1 is 1.47 bits per heavy atom. The highest BCUT2D eigenvalue weighted by atomic mass is 79.9. The Balaban J connectivity index is 2.19. The number of hydrogen-bond donors (Lipinski definition) is 2. The van der Waals surface area contributed by atoms with E-state index < -0.39 is 5.60 Å². The predicted octanol–water partition coefficient (Wildman–Crippen LogP) is 1.56. The van der Waals surface area contributed by atoms with Gasteiger partial charge in [0.25, 0.3) is 0 Å². The van der Waals surface area contributed by atoms with E-state index in [0.717, 1.165) is 42.6 Å². The van der Waals surface area contributed by atoms with Crippen LogP contribution in [-0.2, 0) is 0 Å². The molecule has 1 aromatic rings. The Morgan fingerprint density at radius 3 is 3.00 bits per heavy atom. The van der Waals surface area contributed by atoms with Gasteiger partial charge in [0.15, 0.2) is 0 Å². The number of aliphatic hydroxyl groups is 1. The molecule has 0 aliphatic carbocycles. The Labute approximate surface area is 109 Å². The van der Waals surface area contributed by atoms with Crippen molar-refractivity contribution >= 4 is 27.7 Å². The first-order chi connectivity index (χ1) is 7.98. The first-order valence-corrected chi connectivity index (χ1v) is 6.53. The van der Waals surface area contributed by atoms with Crippen LogP contribution in [0.2, 0.25) is 0 Å². The van der Waals surface area contributed by atoms with E-state index in [1.807, 2.05) is 6.92 Å². The molecule has 0 saturated carbocycles. The Morgan fingerprint density at radius 2 is 2.24 bits per heavy atom. The summed E-state index contributed by atoms with van der Waals surface area (Å²) in [5.41, 5.74) is 5.04. The fourth-order valence-electron chi connectivity index (χ4n) is 2.07. The highest BCUT2D eigenvalue weighted by Crippen LogP contribution is 2.28. The Kier molecular flexibility index (Phi) is 3.53. The molecule has 1 aliphatic heterocycles. The van der Waals surface area contributed by atoms with Crippen LogP contribution in [0.25, 0.3) is 0 Å². The average molecular weight is 301 g/mol. The highest BCUT2D eigenvalue weighted by Gasteiger charge is 2.26. The molecule has 0 bridgehead atoms. The smallest absolute Gasteiger partial charge is 0.222 e. The second-order valence-electron chi connectivity index (χ2n) is 4.74. The number of halogens is 1. The van der Waals surface area contributed by atoms with Gasteiger partial charge in [0.05, 0.1) is 10.1 Å². The van der Waals surface area contributed by atoms with Crippen LogP contribution in [0.3, 0.4) is 0 Å². The maximum atomic E-state index is 10.0. The van der Waals surface area contributed by atoms with Gasteiger partial charge >= 0.3 is 0 Å². The lowest BCUT2D eigenvalue weighted by atomic mass is 9.98. The lowest BCUT2D eigenvalue weighted by molar-refractivity contribution is 0.0481. The number of hydrogen-bond acceptors (Lipinski definition) is 5. The van der Waals surface area contributed by atoms with Crippen molar-refractivity contribution in [1.29, 1.82) is 0 Å². The molecule has 94 valence electrons. The molecule has 1 saturated heterocycles. The minimum absolute atomic E-state index is 0.277. The van der Waals surface area contributed by atoms with Crippen LogP contribution in [0.5, 0.6) is 0 Å². The summed E-state index contributed by atoms with van der Waals surface area (Å²) in [5, 5.41) is 10.0. The number of rotatable bonds is 1. The van der Waals surface area contributed by atoms with Crippen molar-refractivity contribution in [3.63, 3.8) is 0 Å². The van der Waals surface area contributed by atoms with E-state index in [-0.39, 0.29) is 5.95 Å². The van der Waals surface area contributed by atoms with Gasteiger partial charge in [-0.1, -0.05) is 0 Å². The number of anilines is 2. The molecular formula is C11H17BrN4O. The average Bonchev–Trinajstić information content (AvgIpc) is 2.43. The SMILES string of the molecule is CC1(O)CCCN(c2nc(N)ncc2Br)CC1. The molecule has 1 aliphatic rings. The summed E-state index contributed by atoms with van der Waals surface area (Å²) < 4.78 is 0.841. The largest absolute Gasteiger partial charge is 0.390 e. The zero-order valence-electron chi connectivity index (χ0n) is 9.86. The molecule has 6 heteroatoms. The molecule has 1 atom stereocenters. The number of nitrogens with zero attached hydrogens (tertiary/aromatic N) is 3. The molecule has 0 spiro atoms. The summed E-state index contributed by atoms with van der Waals surface area (Å²) in [4.78, 5) is 10.3. The fourth-order valence-corrected chi connectivity index (χ4v) is 2.51. The molecule has 1 unspecified atom stereocenters. The maximum absolute atomic E-state index is 10.0. The van der Waals surface area contributed by atoms with Crippen LogP contribution in [0.4, 0.5) is 11.8 Å². The summed E-state index contributed by atoms with van der Waals surface area (Å²) in [6, 6.07) is 0. The van der Waals surface area contributed by atoms with Gasteiger partial charge in [-0.2, -0.15) is 4.98 Å². The topological polar surface area (TPSA) is 75.3 Å². The third-order valence-electron chi connectivity index (χ3n) is 3.11. The number of nitrogen functional groups attached to an aromatic ring is 1. The molecule has 0 radical (unpaired) electrons. The Bertz CT molecular complexity index is 410. The molecule has 3 N–H and O–H groups in total. The summed E-state index contributed by atoms with van der Waals surface area (Å²) in [6.07, 6.45) is 4.18. The molecule has 1 fully saturated rings. The molecule has 0 amide bonds. The van der Waals surface area contributed by atoms with E-state index in [4.69, 9.17) is 5.73 Å². The predicted molar refractivity (Wildman–Crippen MR) is 70.8 cm³/mol. The third-order valence-corrected chi connectivity index (χ3v) is 3.67. The number of nitrogens with two attached hydrogens (primary N) is 1. The second kappa shape index (κ2) is 4.78. The van der Waals surface area contributed by atoms with Crippen LogP contribution in [-0.4, -0.2) is 33.8 Å². The van der Waals surface area contributed by atoms with Gasteiger partial charge in [0.1, 0.15) is 5.82 Å². The van der Waals surface area contributed by atoms with Crippen molar-refractivity contribution in [3.05, 3.63) is 10.7 Å². The zero-order valence-corrected chi connectivity index (χ0v) is 11.4. The van der Waals surface area contributed by atoms with Crippen LogP contribution < -0.4 is 10.6 Å². The first kappa shape index (κ1) is 12.6. The van der Waals surface area contributed by atoms with Gasteiger partial charge in [-0.3, -0.25) is 0 Å². The fraction of sp³-hybridized carbons (Fsp3) is 0.636. The van der Waals surface area contributed by atoms with Crippen LogP contribution in [0.15, 0.2) is 10.7 Å². The molecule has 0 aromatic carbocycles. The van der Waals surface area contributed by atoms with Crippen LogP contribution in [0, 0.1) is 0 Å². The summed E-state index contributed by atoms with van der Waals surface area (Å²) >= 11 is 3.44. The quantitative estimate of drug-likeness (QED) is 0.823. The van der Waals surface area contributed by atoms with Crippen molar-refractivity contribution in [3.8, 4) is 0 Å². The Hall–Kier alpha value is -0.880. The highest BCUT2D eigenvalue weighted by molar-refractivity contribution is 9.10. The summed E-state index contributed by atoms with van der Waals surface area (Å²) in [5.74, 6) is 1.09. The van der Waals surface area contributed by atoms with Crippen molar-refractivity contribution < 1.29 is 5.11 Å². The van der Waals surface area contributed by atoms with E-state index in [1.54, 1.807) is 6.20 Å². The van der Waals surface area contributed by atoms with Gasteiger partial charge < -0.3 is 15.7 Å². The molecule has 17 heavy (non-hydrogen) atoms. The van der Waals surface area contributed by atoms with Crippen LogP contribution >= 0.6 is 15.9 Å². The van der Waals surface area contributed by atoms with E-state index in [2.05, 4.69) is 30.8 Å². The van der Waals surface area contributed by atoms with Gasteiger partial charge in [-0.15, -0.1) is 0 Å². The maximum Gasteiger partial charge on any atom is 0.222 e. The first-order valence-electron chi connectivity index (χ1n) is 5.73. The summed E-state index contributed by atoms with van der Waals surface area (Å²) in [7, 11) is 0. The minimum Gasteiger partial charge on any atom is -0.390 e. The molecular weight excluding hydrogens is 284 g/mol. The lowest BCUT2D eigenvalue weighted by Crippen LogP contribution is -2.29.